The Morgan fingerprint density at radius 1 is 1.19 bits per heavy atom. The molecule has 0 radical (unpaired) electrons. The summed E-state index contributed by atoms with van der Waals surface area (Å²) in [5, 5.41) is 0. The van der Waals surface area contributed by atoms with Gasteiger partial charge in [-0.1, -0.05) is 6.92 Å². The van der Waals surface area contributed by atoms with Crippen LogP contribution in [0.3, 0.4) is 0 Å². The van der Waals surface area contributed by atoms with Crippen molar-refractivity contribution in [2.24, 2.45) is 11.8 Å². The number of aromatic nitrogens is 1. The lowest BCUT2D eigenvalue weighted by Gasteiger charge is -2.34. The summed E-state index contributed by atoms with van der Waals surface area (Å²) in [5.41, 5.74) is 6.63. The van der Waals surface area contributed by atoms with Crippen LogP contribution >= 0.6 is 0 Å². The zero-order chi connectivity index (χ0) is 14.8. The molecule has 0 atom stereocenters. The fourth-order valence-corrected chi connectivity index (χ4v) is 3.05. The number of nitrogen functional groups attached to an aromatic ring is 1. The summed E-state index contributed by atoms with van der Waals surface area (Å²) in [6.07, 6.45) is 7.69. The number of nitrogens with two attached hydrogens (primary N) is 1. The molecule has 1 aromatic heterocycles. The lowest BCUT2D eigenvalue weighted by molar-refractivity contribution is 0.289. The predicted molar refractivity (Wildman–Crippen MR) is 86.7 cm³/mol. The first-order valence-corrected chi connectivity index (χ1v) is 8.25. The fraction of sp³-hybridized carbons (Fsp3) is 0.706. The molecule has 2 saturated carbocycles. The Morgan fingerprint density at radius 2 is 1.90 bits per heavy atom. The van der Waals surface area contributed by atoms with Crippen molar-refractivity contribution in [3.8, 4) is 5.88 Å². The van der Waals surface area contributed by atoms with Crippen LogP contribution in [0.2, 0.25) is 0 Å². The summed E-state index contributed by atoms with van der Waals surface area (Å²) in [6, 6.07) is 4.53. The van der Waals surface area contributed by atoms with Crippen LogP contribution in [-0.4, -0.2) is 24.7 Å². The van der Waals surface area contributed by atoms with Gasteiger partial charge < -0.3 is 15.4 Å². The van der Waals surface area contributed by atoms with Gasteiger partial charge in [-0.2, -0.15) is 4.98 Å². The third-order valence-corrected chi connectivity index (χ3v) is 4.92. The van der Waals surface area contributed by atoms with Crippen LogP contribution in [0.4, 0.5) is 11.5 Å². The van der Waals surface area contributed by atoms with E-state index in [-0.39, 0.29) is 0 Å². The van der Waals surface area contributed by atoms with Gasteiger partial charge in [0.1, 0.15) is 5.82 Å². The number of pyridine rings is 1. The molecule has 0 amide bonds. The molecule has 2 aliphatic carbocycles. The highest BCUT2D eigenvalue weighted by molar-refractivity contribution is 5.54. The van der Waals surface area contributed by atoms with Gasteiger partial charge in [0, 0.05) is 13.1 Å². The van der Waals surface area contributed by atoms with Crippen molar-refractivity contribution in [3.05, 3.63) is 12.1 Å². The van der Waals surface area contributed by atoms with E-state index in [9.17, 15) is 0 Å². The monoisotopic (exact) mass is 289 g/mol. The molecule has 1 aromatic rings. The molecule has 4 heteroatoms. The second-order valence-corrected chi connectivity index (χ2v) is 6.84. The first-order valence-electron chi connectivity index (χ1n) is 8.25. The normalized spacial score (nSPS) is 25.6. The van der Waals surface area contributed by atoms with Crippen molar-refractivity contribution >= 4 is 11.5 Å². The molecule has 0 bridgehead atoms. The summed E-state index contributed by atoms with van der Waals surface area (Å²) in [5.74, 6) is 3.17. The van der Waals surface area contributed by atoms with Gasteiger partial charge in [-0.25, -0.2) is 0 Å². The molecule has 0 unspecified atom stereocenters. The average Bonchev–Trinajstić information content (AvgIpc) is 3.31. The van der Waals surface area contributed by atoms with E-state index in [1.54, 1.807) is 0 Å². The molecule has 3 rings (SSSR count). The number of rotatable bonds is 5. The first-order chi connectivity index (χ1) is 10.1. The van der Waals surface area contributed by atoms with Gasteiger partial charge in [-0.3, -0.25) is 0 Å². The Morgan fingerprint density at radius 3 is 2.57 bits per heavy atom. The quantitative estimate of drug-likeness (QED) is 0.902. The van der Waals surface area contributed by atoms with Gasteiger partial charge in [-0.15, -0.1) is 0 Å². The zero-order valence-electron chi connectivity index (χ0n) is 13.2. The summed E-state index contributed by atoms with van der Waals surface area (Å²) < 4.78 is 5.79. The van der Waals surface area contributed by atoms with Crippen LogP contribution in [0.25, 0.3) is 0 Å². The maximum Gasteiger partial charge on any atom is 0.239 e. The van der Waals surface area contributed by atoms with Gasteiger partial charge >= 0.3 is 0 Å². The number of anilines is 2. The third kappa shape index (κ3) is 3.60. The number of ether oxygens (including phenoxy) is 1. The summed E-state index contributed by atoms with van der Waals surface area (Å²) in [6.45, 7) is 3.10. The molecule has 2 aliphatic rings. The van der Waals surface area contributed by atoms with E-state index >= 15 is 0 Å². The maximum atomic E-state index is 5.99. The van der Waals surface area contributed by atoms with Crippen LogP contribution in [0.15, 0.2) is 12.1 Å². The maximum absolute atomic E-state index is 5.99. The molecule has 2 N–H and O–H groups in total. The molecule has 116 valence electrons. The van der Waals surface area contributed by atoms with E-state index < -0.39 is 0 Å². The van der Waals surface area contributed by atoms with Crippen molar-refractivity contribution < 1.29 is 4.74 Å². The standard InChI is InChI=1S/C17H27N3O/c1-12-3-7-14(8-4-12)20(2)16-10-9-15(18)17(19-16)21-11-13-5-6-13/h9-10,12-14H,3-8,11,18H2,1-2H3. The van der Waals surface area contributed by atoms with Gasteiger partial charge in [0.15, 0.2) is 0 Å². The van der Waals surface area contributed by atoms with E-state index in [0.29, 0.717) is 23.5 Å². The van der Waals surface area contributed by atoms with Gasteiger partial charge in [0.2, 0.25) is 5.88 Å². The second-order valence-electron chi connectivity index (χ2n) is 6.84. The van der Waals surface area contributed by atoms with E-state index in [2.05, 4.69) is 23.9 Å². The minimum absolute atomic E-state index is 0.591. The van der Waals surface area contributed by atoms with E-state index in [1.165, 1.54) is 38.5 Å². The smallest absolute Gasteiger partial charge is 0.239 e. The highest BCUT2D eigenvalue weighted by atomic mass is 16.5. The Bertz CT molecular complexity index is 479. The molecular formula is C17H27N3O. The lowest BCUT2D eigenvalue weighted by atomic mass is 9.87. The van der Waals surface area contributed by atoms with E-state index in [0.717, 1.165) is 18.3 Å². The van der Waals surface area contributed by atoms with Crippen LogP contribution in [0.5, 0.6) is 5.88 Å². The Kier molecular flexibility index (Phi) is 4.22. The van der Waals surface area contributed by atoms with Crippen LogP contribution in [0, 0.1) is 11.8 Å². The van der Waals surface area contributed by atoms with E-state index in [1.807, 2.05) is 12.1 Å². The lowest BCUT2D eigenvalue weighted by Crippen LogP contribution is -2.35. The van der Waals surface area contributed by atoms with Crippen LogP contribution < -0.4 is 15.4 Å². The first kappa shape index (κ1) is 14.5. The predicted octanol–water partition coefficient (Wildman–Crippen LogP) is 3.47. The zero-order valence-corrected chi connectivity index (χ0v) is 13.2. The Hall–Kier alpha value is -1.45. The van der Waals surface area contributed by atoms with Gasteiger partial charge in [0.05, 0.1) is 12.3 Å². The molecule has 1 heterocycles. The molecule has 0 saturated heterocycles. The van der Waals surface area contributed by atoms with Gasteiger partial charge in [0.25, 0.3) is 0 Å². The third-order valence-electron chi connectivity index (χ3n) is 4.92. The average molecular weight is 289 g/mol. The molecule has 0 aromatic carbocycles. The second kappa shape index (κ2) is 6.12. The Labute approximate surface area is 127 Å². The van der Waals surface area contributed by atoms with Gasteiger partial charge in [-0.05, 0) is 62.5 Å². The highest BCUT2D eigenvalue weighted by Crippen LogP contribution is 2.32. The number of hydrogen-bond donors (Lipinski definition) is 1. The summed E-state index contributed by atoms with van der Waals surface area (Å²) in [7, 11) is 2.14. The van der Waals surface area contributed by atoms with Crippen molar-refractivity contribution in [1.29, 1.82) is 0 Å². The molecule has 0 spiro atoms. The Balaban J connectivity index is 1.67. The molecule has 21 heavy (non-hydrogen) atoms. The van der Waals surface area contributed by atoms with Crippen molar-refractivity contribution in [2.45, 2.75) is 51.5 Å². The SMILES string of the molecule is CC1CCC(N(C)c2ccc(N)c(OCC3CC3)n2)CC1. The largest absolute Gasteiger partial charge is 0.476 e. The minimum Gasteiger partial charge on any atom is -0.476 e. The summed E-state index contributed by atoms with van der Waals surface area (Å²) in [4.78, 5) is 6.95. The molecule has 2 fully saturated rings. The van der Waals surface area contributed by atoms with Crippen molar-refractivity contribution in [1.82, 2.24) is 4.98 Å². The number of nitrogens with zero attached hydrogens (tertiary/aromatic N) is 2. The minimum atomic E-state index is 0.591. The van der Waals surface area contributed by atoms with E-state index in [4.69, 9.17) is 10.5 Å². The highest BCUT2D eigenvalue weighted by Gasteiger charge is 2.24. The number of hydrogen-bond acceptors (Lipinski definition) is 4. The van der Waals surface area contributed by atoms with Crippen LogP contribution in [-0.2, 0) is 0 Å². The van der Waals surface area contributed by atoms with Crippen molar-refractivity contribution in [2.75, 3.05) is 24.3 Å². The van der Waals surface area contributed by atoms with Crippen molar-refractivity contribution in [3.63, 3.8) is 0 Å². The molecule has 4 nitrogen and oxygen atoms in total. The summed E-state index contributed by atoms with van der Waals surface area (Å²) >= 11 is 0. The fourth-order valence-electron chi connectivity index (χ4n) is 3.05. The topological polar surface area (TPSA) is 51.4 Å². The van der Waals surface area contributed by atoms with Crippen LogP contribution in [0.1, 0.15) is 45.4 Å². The molecular weight excluding hydrogens is 262 g/mol. The molecule has 0 aliphatic heterocycles.